The smallest absolute Gasteiger partial charge is 0.138 e. The predicted molar refractivity (Wildman–Crippen MR) is 40.4 cm³/mol. The topological polar surface area (TPSA) is 90.1 Å². The molecule has 0 aliphatic rings. The molecule has 0 radical (unpaired) electrons. The lowest BCUT2D eigenvalue weighted by Crippen LogP contribution is -2.38. The van der Waals surface area contributed by atoms with Crippen LogP contribution in [0.4, 0.5) is 0 Å². The van der Waals surface area contributed by atoms with Gasteiger partial charge in [-0.25, -0.2) is 0 Å². The highest BCUT2D eigenvalue weighted by Crippen LogP contribution is 2.01. The van der Waals surface area contributed by atoms with Gasteiger partial charge in [0.15, 0.2) is 0 Å². The van der Waals surface area contributed by atoms with E-state index in [1.165, 1.54) is 4.68 Å². The maximum atomic E-state index is 8.88. The van der Waals surface area contributed by atoms with Crippen molar-refractivity contribution in [3.05, 3.63) is 18.0 Å². The molecule has 0 aliphatic carbocycles. The number of nitrogens with two attached hydrogens (primary N) is 2. The Hall–Kier alpha value is -0.910. The van der Waals surface area contributed by atoms with E-state index in [1.54, 1.807) is 12.4 Å². The van der Waals surface area contributed by atoms with E-state index >= 15 is 0 Å². The third kappa shape index (κ3) is 1.76. The molecule has 62 valence electrons. The Bertz CT molecular complexity index is 232. The predicted octanol–water partition coefficient (Wildman–Crippen LogP) is -1.07. The molecule has 0 saturated carbocycles. The molecule has 2 atom stereocenters. The molecule has 1 rings (SSSR count). The molecule has 0 bridgehead atoms. The van der Waals surface area contributed by atoms with Crippen LogP contribution in [0.5, 0.6) is 0 Å². The Morgan fingerprint density at radius 3 is 2.64 bits per heavy atom. The standard InChI is InChI=1S/C6H12N4O/c1-4-2-9-10(3-4)5(7)6(8)11/h2-3,5-6,11H,7-8H2,1H3/t5-,6-/m1/s1. The van der Waals surface area contributed by atoms with Gasteiger partial charge < -0.3 is 16.6 Å². The highest BCUT2D eigenvalue weighted by atomic mass is 16.3. The minimum absolute atomic E-state index is 0.663. The van der Waals surface area contributed by atoms with Crippen LogP contribution < -0.4 is 11.5 Å². The second-order valence-electron chi connectivity index (χ2n) is 2.48. The minimum atomic E-state index is -1.07. The van der Waals surface area contributed by atoms with Gasteiger partial charge in [0.25, 0.3) is 0 Å². The first-order valence-corrected chi connectivity index (χ1v) is 3.31. The van der Waals surface area contributed by atoms with Gasteiger partial charge in [0, 0.05) is 6.20 Å². The van der Waals surface area contributed by atoms with Crippen LogP contribution in [0.2, 0.25) is 0 Å². The van der Waals surface area contributed by atoms with E-state index in [9.17, 15) is 0 Å². The SMILES string of the molecule is Cc1cnn([C@@H](N)[C@H](N)O)c1. The number of hydrogen-bond acceptors (Lipinski definition) is 4. The zero-order valence-electron chi connectivity index (χ0n) is 6.31. The highest BCUT2D eigenvalue weighted by molar-refractivity contribution is 5.00. The number of nitrogens with zero attached hydrogens (tertiary/aromatic N) is 2. The van der Waals surface area contributed by atoms with Gasteiger partial charge in [-0.15, -0.1) is 0 Å². The van der Waals surface area contributed by atoms with E-state index in [4.69, 9.17) is 16.6 Å². The minimum Gasteiger partial charge on any atom is -0.375 e. The summed E-state index contributed by atoms with van der Waals surface area (Å²) in [5.41, 5.74) is 11.6. The molecule has 5 nitrogen and oxygen atoms in total. The summed E-state index contributed by atoms with van der Waals surface area (Å²) >= 11 is 0. The first kappa shape index (κ1) is 8.19. The number of aryl methyl sites for hydroxylation is 1. The van der Waals surface area contributed by atoms with Gasteiger partial charge in [-0.05, 0) is 12.5 Å². The van der Waals surface area contributed by atoms with Gasteiger partial charge >= 0.3 is 0 Å². The summed E-state index contributed by atoms with van der Waals surface area (Å²) < 4.78 is 1.43. The molecule has 1 heterocycles. The van der Waals surface area contributed by atoms with Gasteiger partial charge in [-0.3, -0.25) is 4.68 Å². The maximum Gasteiger partial charge on any atom is 0.138 e. The molecular weight excluding hydrogens is 144 g/mol. The van der Waals surface area contributed by atoms with E-state index in [0.29, 0.717) is 0 Å². The Morgan fingerprint density at radius 1 is 1.64 bits per heavy atom. The molecule has 1 aromatic rings. The van der Waals surface area contributed by atoms with Gasteiger partial charge in [0.2, 0.25) is 0 Å². The Balaban J connectivity index is 2.76. The number of aromatic nitrogens is 2. The van der Waals surface area contributed by atoms with E-state index in [0.717, 1.165) is 5.56 Å². The molecule has 5 N–H and O–H groups in total. The molecule has 1 aromatic heterocycles. The van der Waals surface area contributed by atoms with Crippen molar-refractivity contribution in [1.82, 2.24) is 9.78 Å². The Morgan fingerprint density at radius 2 is 2.27 bits per heavy atom. The molecular formula is C6H12N4O. The first-order valence-electron chi connectivity index (χ1n) is 3.31. The van der Waals surface area contributed by atoms with E-state index in [1.807, 2.05) is 6.92 Å². The first-order chi connectivity index (χ1) is 5.11. The molecule has 5 heteroatoms. The zero-order valence-corrected chi connectivity index (χ0v) is 6.31. The van der Waals surface area contributed by atoms with Crippen molar-refractivity contribution in [3.63, 3.8) is 0 Å². The van der Waals surface area contributed by atoms with Crippen molar-refractivity contribution in [2.24, 2.45) is 11.5 Å². The fourth-order valence-electron chi connectivity index (χ4n) is 0.753. The lowest BCUT2D eigenvalue weighted by atomic mass is 10.4. The van der Waals surface area contributed by atoms with Gasteiger partial charge in [-0.2, -0.15) is 5.10 Å². The van der Waals surface area contributed by atoms with Gasteiger partial charge in [-0.1, -0.05) is 0 Å². The number of rotatable bonds is 2. The van der Waals surface area contributed by atoms with Crippen LogP contribution in [0.3, 0.4) is 0 Å². The average molecular weight is 156 g/mol. The molecule has 0 aliphatic heterocycles. The van der Waals surface area contributed by atoms with E-state index < -0.39 is 12.4 Å². The lowest BCUT2D eigenvalue weighted by molar-refractivity contribution is 0.115. The van der Waals surface area contributed by atoms with Crippen LogP contribution in [0.1, 0.15) is 11.7 Å². The average Bonchev–Trinajstić information content (AvgIpc) is 2.34. The van der Waals surface area contributed by atoms with Crippen molar-refractivity contribution < 1.29 is 5.11 Å². The maximum absolute atomic E-state index is 8.88. The summed E-state index contributed by atoms with van der Waals surface area (Å²) in [6, 6.07) is 0. The Kier molecular flexibility index (Phi) is 2.23. The molecule has 0 saturated heterocycles. The van der Waals surface area contributed by atoms with Crippen molar-refractivity contribution in [2.75, 3.05) is 0 Å². The van der Waals surface area contributed by atoms with E-state index in [-0.39, 0.29) is 0 Å². The van der Waals surface area contributed by atoms with Crippen molar-refractivity contribution in [3.8, 4) is 0 Å². The quantitative estimate of drug-likeness (QED) is 0.475. The van der Waals surface area contributed by atoms with E-state index in [2.05, 4.69) is 5.10 Å². The Labute approximate surface area is 64.6 Å². The molecule has 11 heavy (non-hydrogen) atoms. The number of aliphatic hydroxyl groups excluding tert-OH is 1. The summed E-state index contributed by atoms with van der Waals surface area (Å²) in [4.78, 5) is 0. The third-order valence-corrected chi connectivity index (χ3v) is 1.39. The largest absolute Gasteiger partial charge is 0.375 e. The summed E-state index contributed by atoms with van der Waals surface area (Å²) in [6.07, 6.45) is 1.64. The fraction of sp³-hybridized carbons (Fsp3) is 0.500. The molecule has 0 spiro atoms. The van der Waals surface area contributed by atoms with Crippen LogP contribution in [-0.2, 0) is 0 Å². The van der Waals surface area contributed by atoms with Gasteiger partial charge in [0.05, 0.1) is 6.20 Å². The fourth-order valence-corrected chi connectivity index (χ4v) is 0.753. The summed E-state index contributed by atoms with van der Waals surface area (Å²) in [5, 5.41) is 12.8. The van der Waals surface area contributed by atoms with Crippen molar-refractivity contribution in [1.29, 1.82) is 0 Å². The number of hydrogen-bond donors (Lipinski definition) is 3. The van der Waals surface area contributed by atoms with Crippen LogP contribution >= 0.6 is 0 Å². The van der Waals surface area contributed by atoms with Crippen LogP contribution in [0.15, 0.2) is 12.4 Å². The summed E-state index contributed by atoms with van der Waals surface area (Å²) in [6.45, 7) is 1.89. The van der Waals surface area contributed by atoms with Gasteiger partial charge in [0.1, 0.15) is 12.4 Å². The molecule has 0 fully saturated rings. The normalized spacial score (nSPS) is 16.4. The molecule has 0 amide bonds. The zero-order chi connectivity index (χ0) is 8.43. The number of aliphatic hydroxyl groups is 1. The van der Waals surface area contributed by atoms with Crippen LogP contribution in [-0.4, -0.2) is 21.1 Å². The second-order valence-corrected chi connectivity index (χ2v) is 2.48. The third-order valence-electron chi connectivity index (χ3n) is 1.39. The van der Waals surface area contributed by atoms with Crippen LogP contribution in [0.25, 0.3) is 0 Å². The summed E-state index contributed by atoms with van der Waals surface area (Å²) in [7, 11) is 0. The van der Waals surface area contributed by atoms with Crippen LogP contribution in [0, 0.1) is 6.92 Å². The monoisotopic (exact) mass is 156 g/mol. The lowest BCUT2D eigenvalue weighted by Gasteiger charge is -2.14. The van der Waals surface area contributed by atoms with Crippen molar-refractivity contribution >= 4 is 0 Å². The highest BCUT2D eigenvalue weighted by Gasteiger charge is 2.11. The van der Waals surface area contributed by atoms with Crippen molar-refractivity contribution in [2.45, 2.75) is 19.3 Å². The second kappa shape index (κ2) is 3.00. The molecule has 0 aromatic carbocycles. The summed E-state index contributed by atoms with van der Waals surface area (Å²) in [5.74, 6) is 0. The molecule has 0 unspecified atom stereocenters.